The maximum atomic E-state index is 11.2. The number of likely N-dealkylation sites (tertiary alicyclic amines) is 2. The molecule has 0 aromatic rings. The smallest absolute Gasteiger partial charge is 0.316 e. The summed E-state index contributed by atoms with van der Waals surface area (Å²) in [6.07, 6.45) is 6.26. The van der Waals surface area contributed by atoms with Crippen LogP contribution in [0.3, 0.4) is 0 Å². The number of urea groups is 1. The molecule has 80 valence electrons. The van der Waals surface area contributed by atoms with Crippen LogP contribution in [0.25, 0.3) is 0 Å². The van der Waals surface area contributed by atoms with E-state index in [4.69, 9.17) is 5.73 Å². The maximum absolute atomic E-state index is 11.2. The highest BCUT2D eigenvalue weighted by Crippen LogP contribution is 2.23. The second kappa shape index (κ2) is 4.17. The van der Waals surface area contributed by atoms with E-state index in [0.717, 1.165) is 32.5 Å². The molecule has 14 heavy (non-hydrogen) atoms. The summed E-state index contributed by atoms with van der Waals surface area (Å²) in [6.45, 7) is 3.11. The van der Waals surface area contributed by atoms with Gasteiger partial charge >= 0.3 is 6.03 Å². The molecule has 0 spiro atoms. The number of hydrogen-bond acceptors (Lipinski definition) is 2. The number of rotatable bonds is 1. The van der Waals surface area contributed by atoms with Crippen molar-refractivity contribution in [2.75, 3.05) is 19.6 Å². The molecule has 2 heterocycles. The second-order valence-corrected chi connectivity index (χ2v) is 4.25. The first kappa shape index (κ1) is 9.77. The lowest BCUT2D eigenvalue weighted by Gasteiger charge is -2.39. The van der Waals surface area contributed by atoms with Crippen molar-refractivity contribution in [2.45, 2.75) is 38.3 Å². The van der Waals surface area contributed by atoms with Gasteiger partial charge < -0.3 is 10.6 Å². The van der Waals surface area contributed by atoms with E-state index in [0.29, 0.717) is 6.17 Å². The molecule has 2 amide bonds. The molecule has 4 nitrogen and oxygen atoms in total. The Balaban J connectivity index is 2.01. The first-order chi connectivity index (χ1) is 6.79. The van der Waals surface area contributed by atoms with E-state index in [1.807, 2.05) is 4.90 Å². The molecule has 4 heteroatoms. The minimum atomic E-state index is -0.249. The van der Waals surface area contributed by atoms with Gasteiger partial charge in [-0.1, -0.05) is 0 Å². The van der Waals surface area contributed by atoms with Crippen LogP contribution in [-0.4, -0.2) is 41.6 Å². The van der Waals surface area contributed by atoms with Crippen LogP contribution in [-0.2, 0) is 0 Å². The molecule has 0 aromatic carbocycles. The molecule has 0 aliphatic carbocycles. The van der Waals surface area contributed by atoms with Gasteiger partial charge in [-0.25, -0.2) is 4.79 Å². The summed E-state index contributed by atoms with van der Waals surface area (Å²) in [5.41, 5.74) is 5.39. The van der Waals surface area contributed by atoms with Crippen LogP contribution >= 0.6 is 0 Å². The van der Waals surface area contributed by atoms with E-state index in [1.165, 1.54) is 19.3 Å². The Bertz CT molecular complexity index is 213. The third-order valence-electron chi connectivity index (χ3n) is 3.32. The van der Waals surface area contributed by atoms with Crippen LogP contribution in [0.5, 0.6) is 0 Å². The van der Waals surface area contributed by atoms with Crippen molar-refractivity contribution in [2.24, 2.45) is 5.73 Å². The average molecular weight is 197 g/mol. The van der Waals surface area contributed by atoms with Crippen LogP contribution in [0.15, 0.2) is 0 Å². The molecule has 2 fully saturated rings. The van der Waals surface area contributed by atoms with Gasteiger partial charge in [0.05, 0.1) is 6.17 Å². The first-order valence-corrected chi connectivity index (χ1v) is 5.59. The summed E-state index contributed by atoms with van der Waals surface area (Å²) in [5.74, 6) is 0. The van der Waals surface area contributed by atoms with E-state index < -0.39 is 0 Å². The SMILES string of the molecule is NC(=O)N1CCCCC1N1CCCC1. The Morgan fingerprint density at radius 3 is 2.36 bits per heavy atom. The highest BCUT2D eigenvalue weighted by molar-refractivity contribution is 5.72. The molecule has 0 radical (unpaired) electrons. The molecular weight excluding hydrogens is 178 g/mol. The Morgan fingerprint density at radius 2 is 1.71 bits per heavy atom. The minimum absolute atomic E-state index is 0.249. The Kier molecular flexibility index (Phi) is 2.91. The lowest BCUT2D eigenvalue weighted by atomic mass is 10.1. The van der Waals surface area contributed by atoms with Gasteiger partial charge in [-0.3, -0.25) is 4.90 Å². The van der Waals surface area contributed by atoms with Gasteiger partial charge in [0.25, 0.3) is 0 Å². The van der Waals surface area contributed by atoms with Gasteiger partial charge in [-0.05, 0) is 32.1 Å². The first-order valence-electron chi connectivity index (χ1n) is 5.59. The number of carbonyl (C=O) groups excluding carboxylic acids is 1. The predicted octanol–water partition coefficient (Wildman–Crippen LogP) is 0.973. The lowest BCUT2D eigenvalue weighted by Crippen LogP contribution is -2.54. The van der Waals surface area contributed by atoms with Gasteiger partial charge in [0, 0.05) is 19.6 Å². The van der Waals surface area contributed by atoms with Gasteiger partial charge in [0.2, 0.25) is 0 Å². The van der Waals surface area contributed by atoms with Crippen LogP contribution < -0.4 is 5.73 Å². The Morgan fingerprint density at radius 1 is 1.07 bits per heavy atom. The molecule has 2 N–H and O–H groups in total. The Labute approximate surface area is 85.0 Å². The normalized spacial score (nSPS) is 29.4. The topological polar surface area (TPSA) is 49.6 Å². The standard InChI is InChI=1S/C10H19N3O/c11-10(14)13-8-2-1-5-9(13)12-6-3-4-7-12/h9H,1-8H2,(H2,11,14). The molecule has 1 unspecified atom stereocenters. The zero-order chi connectivity index (χ0) is 9.97. The van der Waals surface area contributed by atoms with Gasteiger partial charge in [-0.15, -0.1) is 0 Å². The van der Waals surface area contributed by atoms with E-state index in [-0.39, 0.29) is 6.03 Å². The number of nitrogens with two attached hydrogens (primary N) is 1. The van der Waals surface area contributed by atoms with Crippen molar-refractivity contribution in [3.8, 4) is 0 Å². The molecule has 0 aromatic heterocycles. The zero-order valence-electron chi connectivity index (χ0n) is 8.61. The van der Waals surface area contributed by atoms with Crippen LogP contribution in [0.2, 0.25) is 0 Å². The van der Waals surface area contributed by atoms with Crippen molar-refractivity contribution in [3.63, 3.8) is 0 Å². The van der Waals surface area contributed by atoms with Gasteiger partial charge in [-0.2, -0.15) is 0 Å². The molecule has 0 saturated carbocycles. The number of nitrogens with zero attached hydrogens (tertiary/aromatic N) is 2. The third-order valence-corrected chi connectivity index (χ3v) is 3.32. The molecule has 1 atom stereocenters. The number of hydrogen-bond donors (Lipinski definition) is 1. The summed E-state index contributed by atoms with van der Waals surface area (Å²) in [6, 6.07) is -0.249. The number of amides is 2. The molecule has 2 aliphatic heterocycles. The average Bonchev–Trinajstić information content (AvgIpc) is 2.70. The fourth-order valence-corrected chi connectivity index (χ4v) is 2.59. The maximum Gasteiger partial charge on any atom is 0.316 e. The monoisotopic (exact) mass is 197 g/mol. The zero-order valence-corrected chi connectivity index (χ0v) is 8.61. The van der Waals surface area contributed by atoms with Crippen LogP contribution in [0.1, 0.15) is 32.1 Å². The van der Waals surface area contributed by atoms with Crippen molar-refractivity contribution in [3.05, 3.63) is 0 Å². The third kappa shape index (κ3) is 1.85. The highest BCUT2D eigenvalue weighted by atomic mass is 16.2. The summed E-state index contributed by atoms with van der Waals surface area (Å²) >= 11 is 0. The Hall–Kier alpha value is -0.770. The quantitative estimate of drug-likeness (QED) is 0.681. The minimum Gasteiger partial charge on any atom is -0.351 e. The number of piperidine rings is 1. The molecule has 2 saturated heterocycles. The lowest BCUT2D eigenvalue weighted by molar-refractivity contribution is 0.0580. The summed E-state index contributed by atoms with van der Waals surface area (Å²) in [7, 11) is 0. The second-order valence-electron chi connectivity index (χ2n) is 4.25. The molecular formula is C10H19N3O. The van der Waals surface area contributed by atoms with Crippen molar-refractivity contribution in [1.29, 1.82) is 0 Å². The highest BCUT2D eigenvalue weighted by Gasteiger charge is 2.31. The molecule has 2 rings (SSSR count). The summed E-state index contributed by atoms with van der Waals surface area (Å²) < 4.78 is 0. The molecule has 2 aliphatic rings. The number of primary amides is 1. The van der Waals surface area contributed by atoms with Crippen LogP contribution in [0, 0.1) is 0 Å². The molecule has 0 bridgehead atoms. The van der Waals surface area contributed by atoms with E-state index in [9.17, 15) is 4.79 Å². The van der Waals surface area contributed by atoms with E-state index in [2.05, 4.69) is 4.90 Å². The van der Waals surface area contributed by atoms with Gasteiger partial charge in [0.15, 0.2) is 0 Å². The fraction of sp³-hybridized carbons (Fsp3) is 0.900. The van der Waals surface area contributed by atoms with Crippen LogP contribution in [0.4, 0.5) is 4.79 Å². The summed E-state index contributed by atoms with van der Waals surface area (Å²) in [5, 5.41) is 0. The van der Waals surface area contributed by atoms with Crippen molar-refractivity contribution >= 4 is 6.03 Å². The summed E-state index contributed by atoms with van der Waals surface area (Å²) in [4.78, 5) is 15.5. The predicted molar refractivity (Wildman–Crippen MR) is 54.7 cm³/mol. The van der Waals surface area contributed by atoms with Gasteiger partial charge in [0.1, 0.15) is 0 Å². The van der Waals surface area contributed by atoms with Crippen molar-refractivity contribution in [1.82, 2.24) is 9.80 Å². The fourth-order valence-electron chi connectivity index (χ4n) is 2.59. The van der Waals surface area contributed by atoms with Crippen molar-refractivity contribution < 1.29 is 4.79 Å². The largest absolute Gasteiger partial charge is 0.351 e. The van der Waals surface area contributed by atoms with E-state index >= 15 is 0 Å². The van der Waals surface area contributed by atoms with E-state index in [1.54, 1.807) is 0 Å². The number of carbonyl (C=O) groups is 1.